The molecule has 18 heavy (non-hydrogen) atoms. The van der Waals surface area contributed by atoms with Gasteiger partial charge in [0, 0.05) is 13.1 Å². The fourth-order valence-electron chi connectivity index (χ4n) is 1.87. The normalized spacial score (nSPS) is 17.5. The Bertz CT molecular complexity index is 537. The van der Waals surface area contributed by atoms with Crippen molar-refractivity contribution < 1.29 is 13.2 Å². The smallest absolute Gasteiger partial charge is 0.243 e. The predicted octanol–water partition coefficient (Wildman–Crippen LogP) is 0.369. The van der Waals surface area contributed by atoms with E-state index in [2.05, 4.69) is 5.32 Å². The number of carbonyl (C=O) groups excluding carboxylic acids is 1. The Kier molecular flexibility index (Phi) is 3.68. The van der Waals surface area contributed by atoms with Crippen molar-refractivity contribution in [2.24, 2.45) is 0 Å². The van der Waals surface area contributed by atoms with Gasteiger partial charge in [-0.3, -0.25) is 4.79 Å². The maximum absolute atomic E-state index is 12.3. The van der Waals surface area contributed by atoms with E-state index in [9.17, 15) is 13.2 Å². The molecule has 0 unspecified atom stereocenters. The third kappa shape index (κ3) is 2.54. The number of aryl methyl sites for hydroxylation is 1. The van der Waals surface area contributed by atoms with Crippen LogP contribution in [0.15, 0.2) is 29.2 Å². The summed E-state index contributed by atoms with van der Waals surface area (Å²) in [6, 6.07) is 6.80. The van der Waals surface area contributed by atoms with Crippen molar-refractivity contribution in [2.45, 2.75) is 18.2 Å². The fourth-order valence-corrected chi connectivity index (χ4v) is 3.26. The molecular formula is C12H16N2O3S. The van der Waals surface area contributed by atoms with Crippen molar-refractivity contribution in [1.82, 2.24) is 9.62 Å². The minimum atomic E-state index is -3.55. The molecule has 6 heteroatoms. The molecule has 1 aromatic rings. The van der Waals surface area contributed by atoms with Crippen LogP contribution < -0.4 is 5.32 Å². The van der Waals surface area contributed by atoms with Crippen LogP contribution in [-0.2, 0) is 21.2 Å². The summed E-state index contributed by atoms with van der Waals surface area (Å²) in [5.41, 5.74) is 1.09. The Morgan fingerprint density at radius 3 is 2.50 bits per heavy atom. The van der Waals surface area contributed by atoms with Crippen LogP contribution >= 0.6 is 0 Å². The van der Waals surface area contributed by atoms with Gasteiger partial charge in [0.1, 0.15) is 0 Å². The van der Waals surface area contributed by atoms with Gasteiger partial charge in [-0.25, -0.2) is 8.42 Å². The zero-order valence-electron chi connectivity index (χ0n) is 10.2. The Labute approximate surface area is 107 Å². The second kappa shape index (κ2) is 5.07. The second-order valence-corrected chi connectivity index (χ2v) is 6.12. The molecule has 98 valence electrons. The summed E-state index contributed by atoms with van der Waals surface area (Å²) in [5.74, 6) is -0.255. The predicted molar refractivity (Wildman–Crippen MR) is 67.6 cm³/mol. The Balaban J connectivity index is 2.26. The van der Waals surface area contributed by atoms with Gasteiger partial charge < -0.3 is 5.32 Å². The van der Waals surface area contributed by atoms with Gasteiger partial charge in [-0.1, -0.05) is 19.1 Å². The summed E-state index contributed by atoms with van der Waals surface area (Å²) in [6.07, 6.45) is 0.868. The molecule has 0 radical (unpaired) electrons. The summed E-state index contributed by atoms with van der Waals surface area (Å²) >= 11 is 0. The first kappa shape index (κ1) is 13.0. The quantitative estimate of drug-likeness (QED) is 0.861. The number of nitrogens with zero attached hydrogens (tertiary/aromatic N) is 1. The molecule has 1 saturated heterocycles. The highest BCUT2D eigenvalue weighted by Gasteiger charge is 2.28. The lowest BCUT2D eigenvalue weighted by molar-refractivity contribution is -0.122. The molecule has 1 fully saturated rings. The van der Waals surface area contributed by atoms with Crippen molar-refractivity contribution in [3.05, 3.63) is 29.8 Å². The van der Waals surface area contributed by atoms with E-state index >= 15 is 0 Å². The van der Waals surface area contributed by atoms with Gasteiger partial charge in [0.2, 0.25) is 15.9 Å². The lowest BCUT2D eigenvalue weighted by Crippen LogP contribution is -2.49. The highest BCUT2D eigenvalue weighted by Crippen LogP contribution is 2.17. The summed E-state index contributed by atoms with van der Waals surface area (Å²) in [7, 11) is -3.55. The van der Waals surface area contributed by atoms with Crippen LogP contribution in [0.5, 0.6) is 0 Å². The fraction of sp³-hybridized carbons (Fsp3) is 0.417. The Morgan fingerprint density at radius 1 is 1.28 bits per heavy atom. The number of rotatable bonds is 3. The molecule has 0 saturated carbocycles. The van der Waals surface area contributed by atoms with Crippen LogP contribution in [0.2, 0.25) is 0 Å². The maximum atomic E-state index is 12.3. The summed E-state index contributed by atoms with van der Waals surface area (Å²) in [4.78, 5) is 11.5. The minimum Gasteiger partial charge on any atom is -0.354 e. The number of sulfonamides is 1. The van der Waals surface area contributed by atoms with E-state index in [0.29, 0.717) is 13.1 Å². The van der Waals surface area contributed by atoms with Gasteiger partial charge in [0.25, 0.3) is 0 Å². The molecule has 1 heterocycles. The first-order valence-electron chi connectivity index (χ1n) is 5.90. The van der Waals surface area contributed by atoms with Gasteiger partial charge in [-0.15, -0.1) is 0 Å². The molecule has 1 N–H and O–H groups in total. The number of piperazine rings is 1. The molecule has 0 bridgehead atoms. The first-order valence-corrected chi connectivity index (χ1v) is 7.34. The molecule has 5 nitrogen and oxygen atoms in total. The average Bonchev–Trinajstić information content (AvgIpc) is 2.39. The second-order valence-electron chi connectivity index (χ2n) is 4.19. The summed E-state index contributed by atoms with van der Waals surface area (Å²) in [5, 5.41) is 2.61. The van der Waals surface area contributed by atoms with Crippen molar-refractivity contribution in [2.75, 3.05) is 19.6 Å². The third-order valence-electron chi connectivity index (χ3n) is 2.97. The highest BCUT2D eigenvalue weighted by molar-refractivity contribution is 7.89. The number of benzene rings is 1. The summed E-state index contributed by atoms with van der Waals surface area (Å²) < 4.78 is 25.8. The molecular weight excluding hydrogens is 252 g/mol. The Hall–Kier alpha value is -1.40. The molecule has 1 aromatic carbocycles. The van der Waals surface area contributed by atoms with Crippen molar-refractivity contribution in [1.29, 1.82) is 0 Å². The van der Waals surface area contributed by atoms with Crippen LogP contribution in [0.4, 0.5) is 0 Å². The van der Waals surface area contributed by atoms with Gasteiger partial charge >= 0.3 is 0 Å². The number of carbonyl (C=O) groups is 1. The zero-order chi connectivity index (χ0) is 13.2. The number of nitrogens with one attached hydrogen (secondary N) is 1. The molecule has 0 spiro atoms. The van der Waals surface area contributed by atoms with Crippen LogP contribution in [0.25, 0.3) is 0 Å². The number of hydrogen-bond acceptors (Lipinski definition) is 3. The lowest BCUT2D eigenvalue weighted by atomic mass is 10.2. The van der Waals surface area contributed by atoms with E-state index < -0.39 is 10.0 Å². The monoisotopic (exact) mass is 268 g/mol. The molecule has 1 aliphatic heterocycles. The van der Waals surface area contributed by atoms with E-state index in [1.807, 2.05) is 6.92 Å². The molecule has 2 rings (SSSR count). The van der Waals surface area contributed by atoms with E-state index in [-0.39, 0.29) is 17.3 Å². The van der Waals surface area contributed by atoms with Crippen LogP contribution in [0, 0.1) is 0 Å². The van der Waals surface area contributed by atoms with Crippen LogP contribution in [0.1, 0.15) is 12.5 Å². The van der Waals surface area contributed by atoms with Gasteiger partial charge in [-0.05, 0) is 24.1 Å². The van der Waals surface area contributed by atoms with E-state index in [0.717, 1.165) is 12.0 Å². The van der Waals surface area contributed by atoms with E-state index in [1.54, 1.807) is 24.3 Å². The standard InChI is InChI=1S/C12H16N2O3S/c1-2-10-3-5-11(6-4-10)18(16,17)14-8-7-13-12(15)9-14/h3-6H,2,7-9H2,1H3,(H,13,15). The maximum Gasteiger partial charge on any atom is 0.243 e. The molecule has 0 aromatic heterocycles. The number of amides is 1. The highest BCUT2D eigenvalue weighted by atomic mass is 32.2. The largest absolute Gasteiger partial charge is 0.354 e. The van der Waals surface area contributed by atoms with Crippen molar-refractivity contribution in [3.8, 4) is 0 Å². The van der Waals surface area contributed by atoms with Crippen LogP contribution in [-0.4, -0.2) is 38.3 Å². The minimum absolute atomic E-state index is 0.0993. The molecule has 0 aliphatic carbocycles. The van der Waals surface area contributed by atoms with Crippen LogP contribution in [0.3, 0.4) is 0 Å². The molecule has 1 aliphatic rings. The molecule has 0 atom stereocenters. The van der Waals surface area contributed by atoms with Crippen molar-refractivity contribution >= 4 is 15.9 Å². The number of hydrogen-bond donors (Lipinski definition) is 1. The average molecular weight is 268 g/mol. The summed E-state index contributed by atoms with van der Waals surface area (Å²) in [6.45, 7) is 2.60. The van der Waals surface area contributed by atoms with Gasteiger partial charge in [0.05, 0.1) is 11.4 Å². The van der Waals surface area contributed by atoms with Gasteiger partial charge in [0.15, 0.2) is 0 Å². The lowest BCUT2D eigenvalue weighted by Gasteiger charge is -2.25. The van der Waals surface area contributed by atoms with Crippen molar-refractivity contribution in [3.63, 3.8) is 0 Å². The van der Waals surface area contributed by atoms with E-state index in [1.165, 1.54) is 4.31 Å². The first-order chi connectivity index (χ1) is 8.54. The SMILES string of the molecule is CCc1ccc(S(=O)(=O)N2CCNC(=O)C2)cc1. The van der Waals surface area contributed by atoms with Gasteiger partial charge in [-0.2, -0.15) is 4.31 Å². The topological polar surface area (TPSA) is 66.5 Å². The third-order valence-corrected chi connectivity index (χ3v) is 4.83. The van der Waals surface area contributed by atoms with E-state index in [4.69, 9.17) is 0 Å². The Morgan fingerprint density at radius 2 is 1.94 bits per heavy atom. The zero-order valence-corrected chi connectivity index (χ0v) is 11.0. The molecule has 1 amide bonds.